The molecule has 1 aliphatic heterocycles. The van der Waals surface area contributed by atoms with Gasteiger partial charge in [0.25, 0.3) is 11.8 Å². The zero-order chi connectivity index (χ0) is 37.5. The van der Waals surface area contributed by atoms with E-state index in [9.17, 15) is 27.6 Å². The van der Waals surface area contributed by atoms with Crippen LogP contribution in [0.25, 0.3) is 10.9 Å². The summed E-state index contributed by atoms with van der Waals surface area (Å²) >= 11 is 0. The van der Waals surface area contributed by atoms with Crippen LogP contribution in [0.5, 0.6) is 5.75 Å². The van der Waals surface area contributed by atoms with E-state index in [1.165, 1.54) is 17.7 Å². The number of halogens is 3. The van der Waals surface area contributed by atoms with Crippen molar-refractivity contribution in [2.75, 3.05) is 33.3 Å². The molecule has 6 rings (SSSR count). The number of hydrogen-bond donors (Lipinski definition) is 3. The van der Waals surface area contributed by atoms with Gasteiger partial charge in [0.1, 0.15) is 11.8 Å². The summed E-state index contributed by atoms with van der Waals surface area (Å²) in [6.07, 6.45) is -2.62. The number of benzene rings is 4. The lowest BCUT2D eigenvalue weighted by Gasteiger charge is -2.35. The van der Waals surface area contributed by atoms with Gasteiger partial charge in [0.15, 0.2) is 0 Å². The molecule has 0 bridgehead atoms. The lowest BCUT2D eigenvalue weighted by molar-refractivity contribution is -0.137. The molecule has 1 fully saturated rings. The fourth-order valence-electron chi connectivity index (χ4n) is 6.51. The Bertz CT molecular complexity index is 2040. The second-order valence-corrected chi connectivity index (χ2v) is 13.2. The van der Waals surface area contributed by atoms with E-state index in [2.05, 4.69) is 27.8 Å². The highest BCUT2D eigenvalue weighted by Crippen LogP contribution is 2.30. The second-order valence-electron chi connectivity index (χ2n) is 13.2. The summed E-state index contributed by atoms with van der Waals surface area (Å²) in [4.78, 5) is 41.9. The molecule has 0 unspecified atom stereocenters. The Kier molecular flexibility index (Phi) is 11.4. The normalized spacial score (nSPS) is 14.5. The largest absolute Gasteiger partial charge is 0.497 e. The Balaban J connectivity index is 1.19. The van der Waals surface area contributed by atoms with Crippen molar-refractivity contribution in [3.63, 3.8) is 0 Å². The molecule has 1 saturated heterocycles. The van der Waals surface area contributed by atoms with Crippen molar-refractivity contribution in [3.8, 4) is 5.75 Å². The van der Waals surface area contributed by atoms with Crippen LogP contribution in [-0.4, -0.2) is 71.5 Å². The number of aromatic nitrogens is 1. The second kappa shape index (κ2) is 16.3. The Labute approximate surface area is 305 Å². The fraction of sp³-hybridized carbons (Fsp3) is 0.275. The topological polar surface area (TPSA) is 122 Å². The maximum absolute atomic E-state index is 13.8. The van der Waals surface area contributed by atoms with Crippen LogP contribution in [-0.2, 0) is 41.7 Å². The number of methoxy groups -OCH3 is 1. The summed E-state index contributed by atoms with van der Waals surface area (Å²) in [5, 5.41) is 5.38. The summed E-state index contributed by atoms with van der Waals surface area (Å²) in [6.45, 7) is 3.80. The summed E-state index contributed by atoms with van der Waals surface area (Å²) in [5.74, 6) is -0.763. The van der Waals surface area contributed by atoms with Crippen LogP contribution in [0.3, 0.4) is 0 Å². The van der Waals surface area contributed by atoms with Gasteiger partial charge in [-0.25, -0.2) is 5.01 Å². The highest BCUT2D eigenvalue weighted by Gasteiger charge is 2.30. The van der Waals surface area contributed by atoms with Crippen LogP contribution in [0.1, 0.15) is 38.2 Å². The molecule has 1 atom stereocenters. The molecule has 10 nitrogen and oxygen atoms in total. The van der Waals surface area contributed by atoms with Crippen LogP contribution >= 0.6 is 0 Å². The van der Waals surface area contributed by atoms with E-state index in [1.54, 1.807) is 48.2 Å². The SMILES string of the molecule is COc1ccc(C[C@H](NC(=O)c2ccc3c(c2)c(CC(N)=O)cn3Cc2ccc(C(F)(F)F)cc2)C(=O)NN2CCN(Cc3ccccc3)CC2)cc1. The molecule has 1 aromatic heterocycles. The zero-order valence-corrected chi connectivity index (χ0v) is 29.2. The molecule has 0 aliphatic carbocycles. The number of fused-ring (bicyclic) bond motifs is 1. The first-order valence-corrected chi connectivity index (χ1v) is 17.3. The summed E-state index contributed by atoms with van der Waals surface area (Å²) in [5.41, 5.74) is 12.0. The molecule has 4 N–H and O–H groups in total. The van der Waals surface area contributed by atoms with Gasteiger partial charge in [0, 0.05) is 68.4 Å². The van der Waals surface area contributed by atoms with Crippen molar-refractivity contribution in [2.45, 2.75) is 38.1 Å². The number of amides is 3. The molecular weight excluding hydrogens is 685 g/mol. The smallest absolute Gasteiger partial charge is 0.416 e. The number of rotatable bonds is 13. The van der Waals surface area contributed by atoms with Gasteiger partial charge >= 0.3 is 6.18 Å². The van der Waals surface area contributed by atoms with Gasteiger partial charge in [-0.3, -0.25) is 24.7 Å². The van der Waals surface area contributed by atoms with Crippen LogP contribution in [0, 0.1) is 0 Å². The van der Waals surface area contributed by atoms with Crippen LogP contribution in [0.15, 0.2) is 103 Å². The van der Waals surface area contributed by atoms with Crippen molar-refractivity contribution in [2.24, 2.45) is 5.73 Å². The van der Waals surface area contributed by atoms with Gasteiger partial charge in [0.05, 0.1) is 19.1 Å². The number of hydrazine groups is 1. The number of alkyl halides is 3. The Morgan fingerprint density at radius 1 is 0.830 bits per heavy atom. The molecule has 0 spiro atoms. The number of nitrogens with zero attached hydrogens (tertiary/aromatic N) is 3. The number of carbonyl (C=O) groups excluding carboxylic acids is 3. The summed E-state index contributed by atoms with van der Waals surface area (Å²) in [7, 11) is 1.57. The number of hydrogen-bond acceptors (Lipinski definition) is 6. The number of nitrogens with one attached hydrogen (secondary N) is 2. The van der Waals surface area contributed by atoms with E-state index in [1.807, 2.05) is 35.3 Å². The Morgan fingerprint density at radius 3 is 2.13 bits per heavy atom. The molecule has 276 valence electrons. The number of nitrogens with two attached hydrogens (primary N) is 1. The predicted octanol–water partition coefficient (Wildman–Crippen LogP) is 4.93. The molecule has 53 heavy (non-hydrogen) atoms. The van der Waals surface area contributed by atoms with E-state index >= 15 is 0 Å². The van der Waals surface area contributed by atoms with Crippen LogP contribution in [0.4, 0.5) is 13.2 Å². The summed E-state index contributed by atoms with van der Waals surface area (Å²) < 4.78 is 46.4. The number of piperazine rings is 1. The van der Waals surface area contributed by atoms with Crippen molar-refractivity contribution in [3.05, 3.63) is 137 Å². The zero-order valence-electron chi connectivity index (χ0n) is 29.2. The van der Waals surface area contributed by atoms with Crippen molar-refractivity contribution < 1.29 is 32.3 Å². The number of primary amides is 1. The molecule has 3 amide bonds. The molecule has 0 radical (unpaired) electrons. The first-order valence-electron chi connectivity index (χ1n) is 17.3. The minimum absolute atomic E-state index is 0.108. The first-order chi connectivity index (χ1) is 25.4. The van der Waals surface area contributed by atoms with Crippen LogP contribution < -0.4 is 21.2 Å². The molecular formula is C40H41F3N6O4. The number of ether oxygens (including phenoxy) is 1. The molecule has 1 aliphatic rings. The van der Waals surface area contributed by atoms with Gasteiger partial charge in [-0.15, -0.1) is 0 Å². The maximum Gasteiger partial charge on any atom is 0.416 e. The summed E-state index contributed by atoms with van der Waals surface area (Å²) in [6, 6.07) is 26.4. The minimum Gasteiger partial charge on any atom is -0.497 e. The van der Waals surface area contributed by atoms with Crippen LogP contribution in [0.2, 0.25) is 0 Å². The average molecular weight is 727 g/mol. The highest BCUT2D eigenvalue weighted by atomic mass is 19.4. The van der Waals surface area contributed by atoms with Crippen molar-refractivity contribution in [1.29, 1.82) is 0 Å². The van der Waals surface area contributed by atoms with Gasteiger partial charge in [-0.2, -0.15) is 13.2 Å². The van der Waals surface area contributed by atoms with Crippen molar-refractivity contribution in [1.82, 2.24) is 25.2 Å². The Morgan fingerprint density at radius 2 is 1.49 bits per heavy atom. The van der Waals surface area contributed by atoms with E-state index in [-0.39, 0.29) is 30.9 Å². The third-order valence-electron chi connectivity index (χ3n) is 9.33. The van der Waals surface area contributed by atoms with Crippen molar-refractivity contribution >= 4 is 28.6 Å². The quantitative estimate of drug-likeness (QED) is 0.158. The molecule has 4 aromatic carbocycles. The van der Waals surface area contributed by atoms with E-state index in [0.29, 0.717) is 40.9 Å². The monoisotopic (exact) mass is 726 g/mol. The molecule has 13 heteroatoms. The minimum atomic E-state index is -4.45. The Hall–Kier alpha value is -5.66. The number of carbonyl (C=O) groups is 3. The maximum atomic E-state index is 13.8. The standard InChI is InChI=1S/C40H41F3N6O4/c1-53-33-14-9-27(10-15-33)21-35(39(52)46-49-19-17-47(18-20-49)24-28-5-3-2-4-6-28)45-38(51)30-11-16-36-34(22-30)31(23-37(44)50)26-48(36)25-29-7-12-32(13-8-29)40(41,42)43/h2-16,22,26,35H,17-21,23-25H2,1H3,(H2,44,50)(H,45,51)(H,46,52)/t35-/m0/s1. The first kappa shape index (κ1) is 37.1. The fourth-order valence-corrected chi connectivity index (χ4v) is 6.51. The molecule has 0 saturated carbocycles. The van der Waals surface area contributed by atoms with Gasteiger partial charge < -0.3 is 20.4 Å². The lowest BCUT2D eigenvalue weighted by Crippen LogP contribution is -2.58. The van der Waals surface area contributed by atoms with Gasteiger partial charge in [-0.1, -0.05) is 54.6 Å². The van der Waals surface area contributed by atoms with E-state index in [0.717, 1.165) is 37.3 Å². The van der Waals surface area contributed by atoms with Gasteiger partial charge in [0.2, 0.25) is 5.91 Å². The average Bonchev–Trinajstić information content (AvgIpc) is 3.47. The van der Waals surface area contributed by atoms with E-state index in [4.69, 9.17) is 10.5 Å². The van der Waals surface area contributed by atoms with Gasteiger partial charge in [-0.05, 0) is 64.7 Å². The predicted molar refractivity (Wildman–Crippen MR) is 195 cm³/mol. The van der Waals surface area contributed by atoms with E-state index < -0.39 is 29.6 Å². The molecule has 2 heterocycles. The molecule has 5 aromatic rings. The lowest BCUT2D eigenvalue weighted by atomic mass is 10.0. The third kappa shape index (κ3) is 9.62. The third-order valence-corrected chi connectivity index (χ3v) is 9.33. The highest BCUT2D eigenvalue weighted by molar-refractivity contribution is 6.01.